The zero-order valence-electron chi connectivity index (χ0n) is 24.2. The van der Waals surface area contributed by atoms with Crippen molar-refractivity contribution in [2.45, 2.75) is 56.8 Å². The van der Waals surface area contributed by atoms with E-state index >= 15 is 0 Å². The van der Waals surface area contributed by atoms with Crippen LogP contribution in [-0.4, -0.2) is 59.6 Å². The van der Waals surface area contributed by atoms with Crippen molar-refractivity contribution in [3.8, 4) is 0 Å². The van der Waals surface area contributed by atoms with Crippen molar-refractivity contribution in [1.82, 2.24) is 16.0 Å². The molecule has 41 heavy (non-hydrogen) atoms. The molecular formula is C31H42ClN3O3S3. The van der Waals surface area contributed by atoms with Crippen LogP contribution >= 0.6 is 45.6 Å². The van der Waals surface area contributed by atoms with E-state index in [0.717, 1.165) is 69.7 Å². The first-order valence-corrected chi connectivity index (χ1v) is 17.8. The third kappa shape index (κ3) is 6.65. The van der Waals surface area contributed by atoms with Crippen LogP contribution in [0.5, 0.6) is 0 Å². The van der Waals surface area contributed by atoms with Crippen LogP contribution in [0.1, 0.15) is 80.2 Å². The first-order chi connectivity index (χ1) is 20.1. The Bertz CT molecular complexity index is 1290. The molecule has 10 heteroatoms. The molecule has 3 aromatic rings. The van der Waals surface area contributed by atoms with Gasteiger partial charge in [-0.1, -0.05) is 25.4 Å². The summed E-state index contributed by atoms with van der Waals surface area (Å²) >= 11 is 12.1. The Kier molecular flexibility index (Phi) is 10.2. The van der Waals surface area contributed by atoms with Gasteiger partial charge in [-0.15, -0.1) is 34.0 Å². The largest absolute Gasteiger partial charge is 0.372 e. The molecule has 0 aliphatic carbocycles. The second-order valence-corrected chi connectivity index (χ2v) is 15.3. The Morgan fingerprint density at radius 3 is 2.56 bits per heavy atom. The van der Waals surface area contributed by atoms with Crippen LogP contribution < -0.4 is 16.0 Å². The monoisotopic (exact) mass is 635 g/mol. The zero-order chi connectivity index (χ0) is 28.3. The van der Waals surface area contributed by atoms with Gasteiger partial charge in [-0.2, -0.15) is 0 Å². The lowest BCUT2D eigenvalue weighted by Gasteiger charge is -2.34. The normalized spacial score (nSPS) is 26.4. The van der Waals surface area contributed by atoms with E-state index < -0.39 is 0 Å². The second-order valence-electron chi connectivity index (χ2n) is 11.5. The molecule has 0 saturated heterocycles. The number of aryl methyl sites for hydroxylation is 1. The highest BCUT2D eigenvalue weighted by Crippen LogP contribution is 2.44. The molecule has 0 spiro atoms. The average molecular weight is 636 g/mol. The van der Waals surface area contributed by atoms with E-state index in [1.807, 2.05) is 29.7 Å². The van der Waals surface area contributed by atoms with Crippen molar-refractivity contribution < 1.29 is 14.2 Å². The van der Waals surface area contributed by atoms with Gasteiger partial charge < -0.3 is 30.2 Å². The molecule has 0 bridgehead atoms. The maximum Gasteiger partial charge on any atom is 0.0960 e. The minimum absolute atomic E-state index is 0.0216. The molecule has 224 valence electrons. The average Bonchev–Trinajstić information content (AvgIpc) is 3.72. The highest BCUT2D eigenvalue weighted by molar-refractivity contribution is 7.16. The Morgan fingerprint density at radius 1 is 0.927 bits per heavy atom. The van der Waals surface area contributed by atoms with Crippen molar-refractivity contribution in [1.29, 1.82) is 0 Å². The van der Waals surface area contributed by atoms with E-state index in [1.165, 1.54) is 36.2 Å². The molecule has 3 aromatic heterocycles. The standard InChI is InChI=1S/C31H42ClN3O3S3/c1-4-20-9-22-25(13-33-3)37-16-19(30(22)40-20)12-35-15-27-23-10-29(32)41-31(23)24(17-38-27)18(2)11-34-14-26-21-6-8-39-28(21)5-7-36-26/h6,8-10,18-19,24-27,33-35H,4-5,7,11-17H2,1-3H3. The summed E-state index contributed by atoms with van der Waals surface area (Å²) in [5.74, 6) is 1.14. The van der Waals surface area contributed by atoms with Crippen molar-refractivity contribution in [3.05, 3.63) is 64.1 Å². The van der Waals surface area contributed by atoms with Crippen molar-refractivity contribution in [2.75, 3.05) is 59.6 Å². The summed E-state index contributed by atoms with van der Waals surface area (Å²) in [6, 6.07) is 6.71. The number of likely N-dealkylation sites (N-methyl/N-ethyl adjacent to an activating group) is 1. The Balaban J connectivity index is 1.04. The summed E-state index contributed by atoms with van der Waals surface area (Å²) in [6.45, 7) is 11.1. The molecule has 0 aromatic carbocycles. The third-order valence-electron chi connectivity index (χ3n) is 8.70. The SMILES string of the molecule is CCc1cc2c(s1)C(CNCC1OCC(C(C)CNCC3OCCc4sccc43)c3sc(Cl)cc31)COC2CNC. The zero-order valence-corrected chi connectivity index (χ0v) is 27.4. The molecule has 6 heterocycles. The summed E-state index contributed by atoms with van der Waals surface area (Å²) in [5.41, 5.74) is 3.99. The molecule has 0 amide bonds. The van der Waals surface area contributed by atoms with E-state index in [2.05, 4.69) is 53.4 Å². The summed E-state index contributed by atoms with van der Waals surface area (Å²) < 4.78 is 19.7. The number of hydrogen-bond acceptors (Lipinski definition) is 9. The predicted octanol–water partition coefficient (Wildman–Crippen LogP) is 6.45. The van der Waals surface area contributed by atoms with Gasteiger partial charge in [0.2, 0.25) is 0 Å². The van der Waals surface area contributed by atoms with Gasteiger partial charge in [0.25, 0.3) is 0 Å². The molecule has 3 aliphatic heterocycles. The van der Waals surface area contributed by atoms with E-state index in [4.69, 9.17) is 25.8 Å². The van der Waals surface area contributed by atoms with Crippen LogP contribution in [-0.2, 0) is 27.1 Å². The molecule has 0 radical (unpaired) electrons. The van der Waals surface area contributed by atoms with Gasteiger partial charge in [0.05, 0.1) is 42.5 Å². The fourth-order valence-electron chi connectivity index (χ4n) is 6.39. The maximum absolute atomic E-state index is 6.59. The summed E-state index contributed by atoms with van der Waals surface area (Å²) in [6.07, 6.45) is 2.44. The van der Waals surface area contributed by atoms with E-state index in [1.54, 1.807) is 11.3 Å². The molecule has 3 aliphatic rings. The third-order valence-corrected chi connectivity index (χ3v) is 12.6. The lowest BCUT2D eigenvalue weighted by molar-refractivity contribution is 0.0145. The van der Waals surface area contributed by atoms with Crippen LogP contribution in [0.15, 0.2) is 23.6 Å². The molecule has 6 unspecified atom stereocenters. The fraction of sp³-hybridized carbons (Fsp3) is 0.613. The molecule has 6 nitrogen and oxygen atoms in total. The number of thiophene rings is 3. The topological polar surface area (TPSA) is 63.8 Å². The number of nitrogens with one attached hydrogen (secondary N) is 3. The van der Waals surface area contributed by atoms with Gasteiger partial charge in [-0.3, -0.25) is 0 Å². The summed E-state index contributed by atoms with van der Waals surface area (Å²) in [5, 5.41) is 12.9. The molecule has 6 rings (SSSR count). The van der Waals surface area contributed by atoms with Crippen LogP contribution in [0.3, 0.4) is 0 Å². The van der Waals surface area contributed by atoms with Crippen LogP contribution in [0.4, 0.5) is 0 Å². The summed E-state index contributed by atoms with van der Waals surface area (Å²) in [7, 11) is 1.99. The summed E-state index contributed by atoms with van der Waals surface area (Å²) in [4.78, 5) is 5.79. The Morgan fingerprint density at radius 2 is 1.71 bits per heavy atom. The number of hydrogen-bond donors (Lipinski definition) is 3. The van der Waals surface area contributed by atoms with Gasteiger partial charge in [-0.25, -0.2) is 0 Å². The van der Waals surface area contributed by atoms with Gasteiger partial charge in [0.1, 0.15) is 0 Å². The Hall–Kier alpha value is -0.850. The van der Waals surface area contributed by atoms with Gasteiger partial charge in [-0.05, 0) is 66.2 Å². The van der Waals surface area contributed by atoms with Crippen molar-refractivity contribution in [3.63, 3.8) is 0 Å². The van der Waals surface area contributed by atoms with Gasteiger partial charge >= 0.3 is 0 Å². The highest BCUT2D eigenvalue weighted by atomic mass is 35.5. The second kappa shape index (κ2) is 13.8. The lowest BCUT2D eigenvalue weighted by Crippen LogP contribution is -2.36. The van der Waals surface area contributed by atoms with Crippen LogP contribution in [0, 0.1) is 5.92 Å². The van der Waals surface area contributed by atoms with Crippen molar-refractivity contribution >= 4 is 45.6 Å². The molecule has 3 N–H and O–H groups in total. The van der Waals surface area contributed by atoms with Gasteiger partial charge in [0.15, 0.2) is 0 Å². The minimum Gasteiger partial charge on any atom is -0.372 e. The molecule has 0 fully saturated rings. The molecule has 0 saturated carbocycles. The predicted molar refractivity (Wildman–Crippen MR) is 171 cm³/mol. The number of halogens is 1. The Labute approximate surface area is 261 Å². The highest BCUT2D eigenvalue weighted by Gasteiger charge is 2.34. The number of rotatable bonds is 12. The fourth-order valence-corrected chi connectivity index (χ4v) is 10.1. The quantitative estimate of drug-likeness (QED) is 0.213. The van der Waals surface area contributed by atoms with Crippen LogP contribution in [0.25, 0.3) is 0 Å². The molecule has 6 atom stereocenters. The first kappa shape index (κ1) is 30.2. The minimum atomic E-state index is 0.0216. The van der Waals surface area contributed by atoms with E-state index in [0.29, 0.717) is 17.8 Å². The molecular weight excluding hydrogens is 594 g/mol. The van der Waals surface area contributed by atoms with E-state index in [-0.39, 0.29) is 18.3 Å². The maximum atomic E-state index is 6.59. The lowest BCUT2D eigenvalue weighted by atomic mass is 9.87. The smallest absolute Gasteiger partial charge is 0.0960 e. The van der Waals surface area contributed by atoms with Gasteiger partial charge in [0, 0.05) is 63.9 Å². The van der Waals surface area contributed by atoms with Crippen molar-refractivity contribution in [2.24, 2.45) is 5.92 Å². The number of ether oxygens (including phenoxy) is 3. The number of fused-ring (bicyclic) bond motifs is 3. The van der Waals surface area contributed by atoms with Crippen LogP contribution in [0.2, 0.25) is 4.34 Å². The first-order valence-electron chi connectivity index (χ1n) is 14.9. The van der Waals surface area contributed by atoms with E-state index in [9.17, 15) is 0 Å².